The molecular weight excluding hydrogens is 258 g/mol. The Morgan fingerprint density at radius 3 is 2.93 bits per heavy atom. The monoisotopic (exact) mass is 277 g/mol. The summed E-state index contributed by atoms with van der Waals surface area (Å²) in [6, 6.07) is 0. The second-order valence-corrected chi connectivity index (χ2v) is 5.85. The molecule has 0 aromatic rings. The minimum Gasteiger partial charge on any atom is -0.378 e. The van der Waals surface area contributed by atoms with Gasteiger partial charge in [0.2, 0.25) is 5.91 Å². The minimum absolute atomic E-state index is 0.0707. The van der Waals surface area contributed by atoms with Crippen molar-refractivity contribution < 1.29 is 9.53 Å². The average molecular weight is 278 g/mol. The van der Waals surface area contributed by atoms with Gasteiger partial charge in [-0.05, 0) is 26.2 Å². The van der Waals surface area contributed by atoms with Gasteiger partial charge < -0.3 is 10.1 Å². The Hall–Kier alpha value is -0.0900. The summed E-state index contributed by atoms with van der Waals surface area (Å²) in [5, 5.41) is 2.96. The van der Waals surface area contributed by atoms with Gasteiger partial charge in [-0.25, -0.2) is 0 Å². The largest absolute Gasteiger partial charge is 0.378 e. The molecule has 15 heavy (non-hydrogen) atoms. The fraction of sp³-hybridized carbons (Fsp3) is 0.909. The number of nitrogens with one attached hydrogen (secondary N) is 1. The Kier molecular flexibility index (Phi) is 5.61. The third-order valence-electron chi connectivity index (χ3n) is 2.65. The van der Waals surface area contributed by atoms with Crippen LogP contribution in [-0.2, 0) is 9.53 Å². The maximum atomic E-state index is 11.6. The van der Waals surface area contributed by atoms with Crippen molar-refractivity contribution in [3.63, 3.8) is 0 Å². The highest BCUT2D eigenvalue weighted by Crippen LogP contribution is 2.18. The quantitative estimate of drug-likeness (QED) is 0.617. The van der Waals surface area contributed by atoms with E-state index in [-0.39, 0.29) is 17.9 Å². The number of rotatable bonds is 5. The van der Waals surface area contributed by atoms with Crippen LogP contribution in [0.1, 0.15) is 33.1 Å². The third-order valence-corrected chi connectivity index (χ3v) is 3.10. The summed E-state index contributed by atoms with van der Waals surface area (Å²) in [6.45, 7) is 5.50. The molecule has 0 saturated carbocycles. The van der Waals surface area contributed by atoms with Crippen LogP contribution in [-0.4, -0.2) is 30.0 Å². The average Bonchev–Trinajstić information content (AvgIpc) is 2.59. The van der Waals surface area contributed by atoms with Crippen molar-refractivity contribution in [1.29, 1.82) is 0 Å². The zero-order valence-corrected chi connectivity index (χ0v) is 11.0. The smallest absolute Gasteiger partial charge is 0.225 e. The summed E-state index contributed by atoms with van der Waals surface area (Å²) >= 11 is 3.48. The van der Waals surface area contributed by atoms with Crippen LogP contribution < -0.4 is 5.32 Å². The summed E-state index contributed by atoms with van der Waals surface area (Å²) in [5.74, 6) is 0.225. The van der Waals surface area contributed by atoms with Gasteiger partial charge in [-0.2, -0.15) is 0 Å². The van der Waals surface area contributed by atoms with Gasteiger partial charge in [0.05, 0.1) is 18.6 Å². The predicted octanol–water partition coefficient (Wildman–Crippen LogP) is 2.09. The molecule has 1 N–H and O–H groups in total. The number of ether oxygens (including phenoxy) is 1. The summed E-state index contributed by atoms with van der Waals surface area (Å²) in [7, 11) is 0. The van der Waals surface area contributed by atoms with Crippen LogP contribution in [0.15, 0.2) is 0 Å². The van der Waals surface area contributed by atoms with E-state index in [4.69, 9.17) is 4.74 Å². The van der Waals surface area contributed by atoms with E-state index >= 15 is 0 Å². The second-order valence-electron chi connectivity index (χ2n) is 4.29. The molecule has 0 aliphatic carbocycles. The van der Waals surface area contributed by atoms with Crippen LogP contribution in [0.4, 0.5) is 0 Å². The van der Waals surface area contributed by atoms with E-state index in [1.807, 2.05) is 6.92 Å². The molecule has 1 amide bonds. The highest BCUT2D eigenvalue weighted by atomic mass is 79.9. The molecule has 3 unspecified atom stereocenters. The SMILES string of the molecule is CC(Br)CCCNC(=O)C1COC(C)C1. The van der Waals surface area contributed by atoms with Crippen LogP contribution in [0.2, 0.25) is 0 Å². The summed E-state index contributed by atoms with van der Waals surface area (Å²) < 4.78 is 5.36. The highest BCUT2D eigenvalue weighted by Gasteiger charge is 2.27. The van der Waals surface area contributed by atoms with Gasteiger partial charge in [0.25, 0.3) is 0 Å². The molecule has 1 heterocycles. The fourth-order valence-corrected chi connectivity index (χ4v) is 2.06. The first-order valence-corrected chi connectivity index (χ1v) is 6.54. The topological polar surface area (TPSA) is 38.3 Å². The van der Waals surface area contributed by atoms with Crippen LogP contribution in [0.3, 0.4) is 0 Å². The number of carbonyl (C=O) groups is 1. The van der Waals surface area contributed by atoms with Gasteiger partial charge in [-0.15, -0.1) is 0 Å². The summed E-state index contributed by atoms with van der Waals surface area (Å²) in [5.41, 5.74) is 0. The maximum Gasteiger partial charge on any atom is 0.225 e. The lowest BCUT2D eigenvalue weighted by molar-refractivity contribution is -0.124. The number of carbonyl (C=O) groups excluding carboxylic acids is 1. The molecule has 1 saturated heterocycles. The van der Waals surface area contributed by atoms with Crippen LogP contribution in [0.25, 0.3) is 0 Å². The molecule has 0 spiro atoms. The van der Waals surface area contributed by atoms with E-state index in [1.165, 1.54) is 0 Å². The Morgan fingerprint density at radius 1 is 1.67 bits per heavy atom. The molecule has 1 aliphatic rings. The number of halogens is 1. The molecule has 3 nitrogen and oxygen atoms in total. The molecule has 4 heteroatoms. The van der Waals surface area contributed by atoms with Gasteiger partial charge in [-0.3, -0.25) is 4.79 Å². The van der Waals surface area contributed by atoms with Crippen molar-refractivity contribution >= 4 is 21.8 Å². The van der Waals surface area contributed by atoms with Crippen molar-refractivity contribution in [2.75, 3.05) is 13.2 Å². The molecule has 0 bridgehead atoms. The number of amides is 1. The Balaban J connectivity index is 2.08. The zero-order valence-electron chi connectivity index (χ0n) is 9.46. The van der Waals surface area contributed by atoms with Crippen LogP contribution in [0, 0.1) is 5.92 Å². The van der Waals surface area contributed by atoms with Crippen molar-refractivity contribution in [2.24, 2.45) is 5.92 Å². The molecule has 0 aromatic heterocycles. The normalized spacial score (nSPS) is 27.7. The number of alkyl halides is 1. The first-order valence-electron chi connectivity index (χ1n) is 5.63. The van der Waals surface area contributed by atoms with Crippen molar-refractivity contribution in [3.05, 3.63) is 0 Å². The molecular formula is C11H20BrNO2. The Labute approximate surface area is 100 Å². The van der Waals surface area contributed by atoms with Gasteiger partial charge in [-0.1, -0.05) is 22.9 Å². The van der Waals surface area contributed by atoms with Gasteiger partial charge in [0, 0.05) is 11.4 Å². The lowest BCUT2D eigenvalue weighted by atomic mass is 10.1. The van der Waals surface area contributed by atoms with Crippen LogP contribution >= 0.6 is 15.9 Å². The molecule has 0 aromatic carbocycles. The lowest BCUT2D eigenvalue weighted by Gasteiger charge is -2.09. The number of hydrogen-bond acceptors (Lipinski definition) is 2. The molecule has 0 radical (unpaired) electrons. The summed E-state index contributed by atoms with van der Waals surface area (Å²) in [6.07, 6.45) is 3.23. The van der Waals surface area contributed by atoms with Crippen molar-refractivity contribution in [2.45, 2.75) is 44.0 Å². The van der Waals surface area contributed by atoms with E-state index in [1.54, 1.807) is 0 Å². The van der Waals surface area contributed by atoms with Crippen LogP contribution in [0.5, 0.6) is 0 Å². The van der Waals surface area contributed by atoms with Crippen molar-refractivity contribution in [3.8, 4) is 0 Å². The Bertz CT molecular complexity index is 209. The van der Waals surface area contributed by atoms with Gasteiger partial charge in [0.15, 0.2) is 0 Å². The fourth-order valence-electron chi connectivity index (χ4n) is 1.74. The number of hydrogen-bond donors (Lipinski definition) is 1. The molecule has 1 rings (SSSR count). The minimum atomic E-state index is 0.0707. The van der Waals surface area contributed by atoms with E-state index in [2.05, 4.69) is 28.2 Å². The van der Waals surface area contributed by atoms with Crippen molar-refractivity contribution in [1.82, 2.24) is 5.32 Å². The zero-order chi connectivity index (χ0) is 11.3. The van der Waals surface area contributed by atoms with E-state index in [0.29, 0.717) is 11.4 Å². The molecule has 88 valence electrons. The third kappa shape index (κ3) is 4.98. The van der Waals surface area contributed by atoms with E-state index < -0.39 is 0 Å². The lowest BCUT2D eigenvalue weighted by Crippen LogP contribution is -2.31. The molecule has 1 fully saturated rings. The van der Waals surface area contributed by atoms with E-state index in [0.717, 1.165) is 25.8 Å². The second kappa shape index (κ2) is 6.48. The predicted molar refractivity (Wildman–Crippen MR) is 64.2 cm³/mol. The maximum absolute atomic E-state index is 11.6. The molecule has 3 atom stereocenters. The standard InChI is InChI=1S/C11H20BrNO2/c1-8(12)4-3-5-13-11(14)10-6-9(2)15-7-10/h8-10H,3-7H2,1-2H3,(H,13,14). The van der Waals surface area contributed by atoms with E-state index in [9.17, 15) is 4.79 Å². The molecule has 1 aliphatic heterocycles. The summed E-state index contributed by atoms with van der Waals surface area (Å²) in [4.78, 5) is 12.2. The van der Waals surface area contributed by atoms with Gasteiger partial charge in [0.1, 0.15) is 0 Å². The first kappa shape index (κ1) is 13.0. The highest BCUT2D eigenvalue weighted by molar-refractivity contribution is 9.09. The first-order chi connectivity index (χ1) is 7.09. The Morgan fingerprint density at radius 2 is 2.40 bits per heavy atom. The van der Waals surface area contributed by atoms with Gasteiger partial charge >= 0.3 is 0 Å².